The molecule has 3 aromatic rings. The number of halogens is 2. The van der Waals surface area contributed by atoms with E-state index < -0.39 is 11.9 Å². The summed E-state index contributed by atoms with van der Waals surface area (Å²) in [6, 6.07) is 18.8. The average Bonchev–Trinajstić information content (AvgIpc) is 3.06. The van der Waals surface area contributed by atoms with Gasteiger partial charge in [-0.25, -0.2) is 4.39 Å². The molecular weight excluding hydrogens is 477 g/mol. The Morgan fingerprint density at radius 3 is 2.32 bits per heavy atom. The van der Waals surface area contributed by atoms with Gasteiger partial charge in [0.15, 0.2) is 5.11 Å². The first-order valence-electron chi connectivity index (χ1n) is 10.4. The van der Waals surface area contributed by atoms with E-state index in [9.17, 15) is 14.0 Å². The van der Waals surface area contributed by atoms with E-state index in [1.165, 1.54) is 29.2 Å². The van der Waals surface area contributed by atoms with Gasteiger partial charge in [-0.15, -0.1) is 0 Å². The Kier molecular flexibility index (Phi) is 7.09. The fourth-order valence-corrected chi connectivity index (χ4v) is 4.20. The number of anilines is 2. The zero-order valence-corrected chi connectivity index (χ0v) is 19.8. The summed E-state index contributed by atoms with van der Waals surface area (Å²) in [5, 5.41) is 3.60. The number of ether oxygens (including phenoxy) is 1. The van der Waals surface area contributed by atoms with Gasteiger partial charge in [-0.1, -0.05) is 23.7 Å². The molecule has 0 aromatic heterocycles. The molecule has 6 nitrogen and oxygen atoms in total. The summed E-state index contributed by atoms with van der Waals surface area (Å²) in [6.45, 7) is 0.322. The third kappa shape index (κ3) is 5.18. The molecule has 1 aliphatic rings. The lowest BCUT2D eigenvalue weighted by Gasteiger charge is -2.24. The molecule has 3 aromatic carbocycles. The number of methoxy groups -OCH3 is 1. The summed E-state index contributed by atoms with van der Waals surface area (Å²) in [5.74, 6) is -0.447. The van der Waals surface area contributed by atoms with Crippen molar-refractivity contribution in [3.05, 3.63) is 89.2 Å². The van der Waals surface area contributed by atoms with Crippen LogP contribution in [0.1, 0.15) is 12.0 Å². The van der Waals surface area contributed by atoms with Gasteiger partial charge in [-0.3, -0.25) is 14.5 Å². The van der Waals surface area contributed by atoms with Crippen LogP contribution in [0.4, 0.5) is 15.8 Å². The minimum atomic E-state index is -0.814. The molecule has 1 saturated heterocycles. The summed E-state index contributed by atoms with van der Waals surface area (Å²) in [4.78, 5) is 29.4. The lowest BCUT2D eigenvalue weighted by atomic mass is 10.1. The Balaban J connectivity index is 1.59. The Bertz CT molecular complexity index is 1200. The molecule has 1 heterocycles. The van der Waals surface area contributed by atoms with Gasteiger partial charge in [0.1, 0.15) is 17.6 Å². The minimum absolute atomic E-state index is 0.128. The highest BCUT2D eigenvalue weighted by atomic mass is 35.5. The van der Waals surface area contributed by atoms with Crippen molar-refractivity contribution >= 4 is 52.1 Å². The number of hydrogen-bond acceptors (Lipinski definition) is 4. The van der Waals surface area contributed by atoms with Gasteiger partial charge in [0.2, 0.25) is 5.91 Å². The highest BCUT2D eigenvalue weighted by Crippen LogP contribution is 2.30. The third-order valence-corrected chi connectivity index (χ3v) is 6.09. The van der Waals surface area contributed by atoms with Gasteiger partial charge in [-0.2, -0.15) is 0 Å². The quantitative estimate of drug-likeness (QED) is 0.464. The van der Waals surface area contributed by atoms with E-state index in [1.807, 2.05) is 12.1 Å². The van der Waals surface area contributed by atoms with Crippen LogP contribution in [0.3, 0.4) is 0 Å². The first-order valence-corrected chi connectivity index (χ1v) is 11.2. The van der Waals surface area contributed by atoms with Crippen molar-refractivity contribution in [1.29, 1.82) is 0 Å². The molecule has 9 heteroatoms. The molecule has 0 aliphatic carbocycles. The number of rotatable bonds is 7. The van der Waals surface area contributed by atoms with Crippen molar-refractivity contribution in [2.45, 2.75) is 19.0 Å². The number of nitrogens with one attached hydrogen (secondary N) is 1. The third-order valence-electron chi connectivity index (χ3n) is 5.42. The van der Waals surface area contributed by atoms with Crippen LogP contribution in [-0.4, -0.2) is 35.0 Å². The van der Waals surface area contributed by atoms with Crippen LogP contribution in [0.5, 0.6) is 5.75 Å². The average molecular weight is 498 g/mol. The lowest BCUT2D eigenvalue weighted by molar-refractivity contribution is -0.124. The second-order valence-corrected chi connectivity index (χ2v) is 8.49. The van der Waals surface area contributed by atoms with E-state index in [0.717, 1.165) is 5.56 Å². The van der Waals surface area contributed by atoms with Gasteiger partial charge < -0.3 is 15.0 Å². The van der Waals surface area contributed by atoms with E-state index in [2.05, 4.69) is 5.32 Å². The maximum absolute atomic E-state index is 13.5. The lowest BCUT2D eigenvalue weighted by Crippen LogP contribution is -2.37. The van der Waals surface area contributed by atoms with Crippen LogP contribution >= 0.6 is 23.8 Å². The number of thiocarbonyl (C=S) groups is 1. The van der Waals surface area contributed by atoms with Gasteiger partial charge in [0, 0.05) is 17.3 Å². The topological polar surface area (TPSA) is 61.9 Å². The Morgan fingerprint density at radius 2 is 1.71 bits per heavy atom. The molecule has 1 N–H and O–H groups in total. The van der Waals surface area contributed by atoms with Crippen molar-refractivity contribution in [2.75, 3.05) is 17.3 Å². The minimum Gasteiger partial charge on any atom is -0.497 e. The van der Waals surface area contributed by atoms with Crippen LogP contribution in [0, 0.1) is 5.82 Å². The van der Waals surface area contributed by atoms with Gasteiger partial charge >= 0.3 is 0 Å². The van der Waals surface area contributed by atoms with Gasteiger partial charge in [-0.05, 0) is 78.4 Å². The SMILES string of the molecule is COc1ccc(N2C(=O)[C@H](CC(=O)Nc3ccc(F)cc3)N(Cc3ccc(Cl)cc3)C2=S)cc1. The summed E-state index contributed by atoms with van der Waals surface area (Å²) in [7, 11) is 1.56. The first kappa shape index (κ1) is 23.7. The molecule has 0 unspecified atom stereocenters. The Hall–Kier alpha value is -3.49. The Labute approximate surface area is 206 Å². The molecule has 2 amide bonds. The zero-order chi connectivity index (χ0) is 24.2. The molecule has 1 fully saturated rings. The van der Waals surface area contributed by atoms with Crippen molar-refractivity contribution < 1.29 is 18.7 Å². The van der Waals surface area contributed by atoms with Crippen LogP contribution in [0.15, 0.2) is 72.8 Å². The molecule has 4 rings (SSSR count). The summed E-state index contributed by atoms with van der Waals surface area (Å²) >= 11 is 11.7. The fourth-order valence-electron chi connectivity index (χ4n) is 3.69. The molecule has 0 bridgehead atoms. The number of hydrogen-bond donors (Lipinski definition) is 1. The largest absolute Gasteiger partial charge is 0.497 e. The molecule has 34 heavy (non-hydrogen) atoms. The highest BCUT2D eigenvalue weighted by Gasteiger charge is 2.44. The first-order chi connectivity index (χ1) is 16.4. The number of amides is 2. The second kappa shape index (κ2) is 10.2. The van der Waals surface area contributed by atoms with Crippen molar-refractivity contribution in [1.82, 2.24) is 4.90 Å². The van der Waals surface area contributed by atoms with Crippen LogP contribution in [0.25, 0.3) is 0 Å². The van der Waals surface area contributed by atoms with Gasteiger partial charge in [0.25, 0.3) is 5.91 Å². The Morgan fingerprint density at radius 1 is 1.06 bits per heavy atom. The normalized spacial score (nSPS) is 15.6. The number of carbonyl (C=O) groups is 2. The van der Waals surface area contributed by atoms with E-state index in [1.54, 1.807) is 48.4 Å². The van der Waals surface area contributed by atoms with Crippen LogP contribution in [-0.2, 0) is 16.1 Å². The van der Waals surface area contributed by atoms with Crippen molar-refractivity contribution in [2.24, 2.45) is 0 Å². The predicted octanol–water partition coefficient (Wildman–Crippen LogP) is 5.02. The highest BCUT2D eigenvalue weighted by molar-refractivity contribution is 7.80. The molecular formula is C25H21ClFN3O3S. The van der Waals surface area contributed by atoms with Crippen LogP contribution < -0.4 is 15.0 Å². The van der Waals surface area contributed by atoms with E-state index in [-0.39, 0.29) is 18.2 Å². The van der Waals surface area contributed by atoms with Gasteiger partial charge in [0.05, 0.1) is 19.2 Å². The zero-order valence-electron chi connectivity index (χ0n) is 18.2. The molecule has 0 radical (unpaired) electrons. The van der Waals surface area contributed by atoms with E-state index >= 15 is 0 Å². The monoisotopic (exact) mass is 497 g/mol. The summed E-state index contributed by atoms with van der Waals surface area (Å²) in [6.07, 6.45) is -0.128. The van der Waals surface area contributed by atoms with Crippen molar-refractivity contribution in [3.8, 4) is 5.75 Å². The number of nitrogens with zero attached hydrogens (tertiary/aromatic N) is 2. The second-order valence-electron chi connectivity index (χ2n) is 7.68. The smallest absolute Gasteiger partial charge is 0.256 e. The van der Waals surface area contributed by atoms with Crippen LogP contribution in [0.2, 0.25) is 5.02 Å². The molecule has 174 valence electrons. The standard InChI is InChI=1S/C25H21ClFN3O3S/c1-33-21-12-10-20(11-13-21)30-24(32)22(14-23(31)28-19-8-6-18(27)7-9-19)29(25(30)34)15-16-2-4-17(26)5-3-16/h2-13,22H,14-15H2,1H3,(H,28,31)/t22-/m0/s1. The fraction of sp³-hybridized carbons (Fsp3) is 0.160. The summed E-state index contributed by atoms with van der Waals surface area (Å²) in [5.41, 5.74) is 1.91. The maximum Gasteiger partial charge on any atom is 0.256 e. The molecule has 1 atom stereocenters. The predicted molar refractivity (Wildman–Crippen MR) is 134 cm³/mol. The summed E-state index contributed by atoms with van der Waals surface area (Å²) < 4.78 is 18.4. The molecule has 0 saturated carbocycles. The van der Waals surface area contributed by atoms with Crippen molar-refractivity contribution in [3.63, 3.8) is 0 Å². The number of benzene rings is 3. The maximum atomic E-state index is 13.5. The molecule has 0 spiro atoms. The van der Waals surface area contributed by atoms with E-state index in [4.69, 9.17) is 28.6 Å². The van der Waals surface area contributed by atoms with E-state index in [0.29, 0.717) is 33.8 Å². The number of carbonyl (C=O) groups excluding carboxylic acids is 2. The molecule has 1 aliphatic heterocycles.